The molecule has 0 spiro atoms. The average Bonchev–Trinajstić information content (AvgIpc) is 3.76. The maximum atomic E-state index is 4.87. The Kier molecular flexibility index (Phi) is 4.88. The van der Waals surface area contributed by atoms with Crippen molar-refractivity contribution in [1.82, 2.24) is 18.7 Å². The van der Waals surface area contributed by atoms with Crippen LogP contribution in [0.15, 0.2) is 146 Å². The van der Waals surface area contributed by atoms with Crippen molar-refractivity contribution in [2.24, 2.45) is 0 Å². The molecule has 0 fully saturated rings. The second-order valence-corrected chi connectivity index (χ2v) is 13.7. The molecule has 11 rings (SSSR count). The molecule has 0 N–H and O–H groups in total. The lowest BCUT2D eigenvalue weighted by atomic mass is 9.74. The number of hydrogen-bond donors (Lipinski definition) is 0. The lowest BCUT2D eigenvalue weighted by Gasteiger charge is -2.35. The van der Waals surface area contributed by atoms with Gasteiger partial charge in [0.05, 0.1) is 33.3 Å². The van der Waals surface area contributed by atoms with E-state index in [1.807, 2.05) is 12.3 Å². The van der Waals surface area contributed by atoms with Gasteiger partial charge >= 0.3 is 0 Å². The molecular weight excluding hydrogens is 585 g/mol. The number of aromatic nitrogens is 4. The van der Waals surface area contributed by atoms with Gasteiger partial charge in [-0.15, -0.1) is 0 Å². The molecular formula is C44H30N4. The first-order valence-corrected chi connectivity index (χ1v) is 16.7. The molecule has 4 heteroatoms. The minimum Gasteiger partial charge on any atom is -0.309 e. The summed E-state index contributed by atoms with van der Waals surface area (Å²) < 4.78 is 7.26. The van der Waals surface area contributed by atoms with Gasteiger partial charge < -0.3 is 9.13 Å². The first kappa shape index (κ1) is 26.0. The van der Waals surface area contributed by atoms with Gasteiger partial charge in [-0.25, -0.2) is 4.98 Å². The van der Waals surface area contributed by atoms with Gasteiger partial charge in [-0.1, -0.05) is 98.8 Å². The third kappa shape index (κ3) is 3.17. The number of nitrogens with zero attached hydrogens (tertiary/aromatic N) is 4. The molecule has 5 heterocycles. The van der Waals surface area contributed by atoms with E-state index in [-0.39, 0.29) is 5.41 Å². The summed E-state index contributed by atoms with van der Waals surface area (Å²) in [4.78, 5) is 4.87. The van der Waals surface area contributed by atoms with E-state index in [1.54, 1.807) is 0 Å². The van der Waals surface area contributed by atoms with Crippen molar-refractivity contribution in [2.45, 2.75) is 19.3 Å². The molecule has 226 valence electrons. The maximum absolute atomic E-state index is 4.87. The van der Waals surface area contributed by atoms with E-state index in [0.717, 1.165) is 27.9 Å². The Morgan fingerprint density at radius 3 is 1.81 bits per heavy atom. The fourth-order valence-electron chi connectivity index (χ4n) is 8.72. The number of hydrogen-bond acceptors (Lipinski definition) is 1. The quantitative estimate of drug-likeness (QED) is 0.190. The van der Waals surface area contributed by atoms with Gasteiger partial charge in [-0.2, -0.15) is 0 Å². The zero-order valence-electron chi connectivity index (χ0n) is 26.6. The third-order valence-corrected chi connectivity index (χ3v) is 10.9. The molecule has 0 aliphatic carbocycles. The molecule has 0 bridgehead atoms. The van der Waals surface area contributed by atoms with E-state index in [9.17, 15) is 0 Å². The molecule has 0 saturated carbocycles. The van der Waals surface area contributed by atoms with Crippen LogP contribution in [0.2, 0.25) is 0 Å². The van der Waals surface area contributed by atoms with Gasteiger partial charge in [0.15, 0.2) is 0 Å². The number of pyridine rings is 1. The largest absolute Gasteiger partial charge is 0.309 e. The minimum atomic E-state index is -0.144. The van der Waals surface area contributed by atoms with Crippen LogP contribution >= 0.6 is 0 Å². The summed E-state index contributed by atoms with van der Waals surface area (Å²) in [5, 5.41) is 7.47. The molecule has 0 unspecified atom stereocenters. The molecule has 0 atom stereocenters. The van der Waals surface area contributed by atoms with Crippen LogP contribution in [0.3, 0.4) is 0 Å². The van der Waals surface area contributed by atoms with Crippen molar-refractivity contribution in [3.8, 4) is 17.1 Å². The smallest absolute Gasteiger partial charge is 0.145 e. The fraction of sp³-hybridized carbons (Fsp3) is 0.0682. The molecule has 6 aromatic carbocycles. The van der Waals surface area contributed by atoms with E-state index < -0.39 is 0 Å². The van der Waals surface area contributed by atoms with Crippen LogP contribution in [0.25, 0.3) is 82.6 Å². The van der Waals surface area contributed by atoms with E-state index in [4.69, 9.17) is 4.98 Å². The minimum absolute atomic E-state index is 0.144. The molecule has 48 heavy (non-hydrogen) atoms. The molecule has 4 aromatic heterocycles. The molecule has 0 saturated heterocycles. The Morgan fingerprint density at radius 2 is 1.02 bits per heavy atom. The lowest BCUT2D eigenvalue weighted by molar-refractivity contribution is 0.630. The molecule has 1 aliphatic heterocycles. The number of fused-ring (bicyclic) bond motifs is 11. The Bertz CT molecular complexity index is 2930. The van der Waals surface area contributed by atoms with Crippen LogP contribution in [0.5, 0.6) is 0 Å². The first-order chi connectivity index (χ1) is 23.6. The van der Waals surface area contributed by atoms with Gasteiger partial charge in [0.1, 0.15) is 5.65 Å². The predicted molar refractivity (Wildman–Crippen MR) is 199 cm³/mol. The van der Waals surface area contributed by atoms with Gasteiger partial charge in [-0.05, 0) is 65.7 Å². The van der Waals surface area contributed by atoms with Crippen LogP contribution in [0.1, 0.15) is 25.0 Å². The molecule has 1 aliphatic rings. The second kappa shape index (κ2) is 9.02. The summed E-state index contributed by atoms with van der Waals surface area (Å²) in [6, 6.07) is 51.2. The summed E-state index contributed by atoms with van der Waals surface area (Å²) >= 11 is 0. The molecule has 0 radical (unpaired) electrons. The van der Waals surface area contributed by atoms with E-state index >= 15 is 0 Å². The Hall–Kier alpha value is -6.13. The van der Waals surface area contributed by atoms with Gasteiger partial charge in [-0.3, -0.25) is 4.57 Å². The van der Waals surface area contributed by atoms with Crippen LogP contribution < -0.4 is 0 Å². The van der Waals surface area contributed by atoms with Crippen molar-refractivity contribution in [2.75, 3.05) is 0 Å². The highest BCUT2D eigenvalue weighted by molar-refractivity contribution is 6.13. The monoisotopic (exact) mass is 614 g/mol. The van der Waals surface area contributed by atoms with Crippen molar-refractivity contribution >= 4 is 65.5 Å². The summed E-state index contributed by atoms with van der Waals surface area (Å²) in [6.07, 6.45) is 1.89. The SMILES string of the molecule is CC1(C)c2ccc(-n3c4ccccc4c4ccc(-n5c6ccccc6c6cccnc65)cc43)cc2-n2c3ccccc3c3cccc1c32. The standard InChI is InChI=1S/C44H30N4/c1-44(2)35-23-21-27(26-41(35)48-39-19-8-4-12-30(39)33-14-9-16-36(44)42(33)48)46-37-17-6-3-11-29(37)32-22-20-28(25-40(32)46)47-38-18-7-5-13-31(38)34-15-10-24-45-43(34)47/h3-26H,1-2H3. The summed E-state index contributed by atoms with van der Waals surface area (Å²) in [7, 11) is 0. The fourth-order valence-corrected chi connectivity index (χ4v) is 8.72. The highest BCUT2D eigenvalue weighted by Gasteiger charge is 2.35. The van der Waals surface area contributed by atoms with Crippen LogP contribution in [0, 0.1) is 0 Å². The zero-order chi connectivity index (χ0) is 31.7. The first-order valence-electron chi connectivity index (χ1n) is 16.7. The average molecular weight is 615 g/mol. The molecule has 0 amide bonds. The number of para-hydroxylation sites is 4. The van der Waals surface area contributed by atoms with E-state index in [1.165, 1.54) is 65.8 Å². The van der Waals surface area contributed by atoms with Crippen LogP contribution in [-0.2, 0) is 5.41 Å². The summed E-state index contributed by atoms with van der Waals surface area (Å²) in [6.45, 7) is 4.74. The zero-order valence-corrected chi connectivity index (χ0v) is 26.6. The summed E-state index contributed by atoms with van der Waals surface area (Å²) in [5.41, 5.74) is 13.1. The molecule has 4 nitrogen and oxygen atoms in total. The normalized spacial score (nSPS) is 13.8. The number of rotatable bonds is 2. The van der Waals surface area contributed by atoms with Crippen molar-refractivity contribution in [3.05, 3.63) is 157 Å². The highest BCUT2D eigenvalue weighted by Crippen LogP contribution is 2.48. The summed E-state index contributed by atoms with van der Waals surface area (Å²) in [5.74, 6) is 0. The van der Waals surface area contributed by atoms with E-state index in [0.29, 0.717) is 0 Å². The third-order valence-electron chi connectivity index (χ3n) is 10.9. The lowest BCUT2D eigenvalue weighted by Crippen LogP contribution is -2.26. The van der Waals surface area contributed by atoms with Crippen LogP contribution in [0.4, 0.5) is 0 Å². The second-order valence-electron chi connectivity index (χ2n) is 13.7. The molecule has 10 aromatic rings. The van der Waals surface area contributed by atoms with Crippen molar-refractivity contribution < 1.29 is 0 Å². The highest BCUT2D eigenvalue weighted by atomic mass is 15.1. The van der Waals surface area contributed by atoms with Crippen molar-refractivity contribution in [1.29, 1.82) is 0 Å². The maximum Gasteiger partial charge on any atom is 0.145 e. The Balaban J connectivity index is 1.23. The number of benzene rings is 6. The van der Waals surface area contributed by atoms with Crippen molar-refractivity contribution in [3.63, 3.8) is 0 Å². The van der Waals surface area contributed by atoms with Gasteiger partial charge in [0.2, 0.25) is 0 Å². The Labute approximate surface area is 276 Å². The topological polar surface area (TPSA) is 27.7 Å². The van der Waals surface area contributed by atoms with E-state index in [2.05, 4.69) is 161 Å². The van der Waals surface area contributed by atoms with Crippen LogP contribution in [-0.4, -0.2) is 18.7 Å². The van der Waals surface area contributed by atoms with Gasteiger partial charge in [0.25, 0.3) is 0 Å². The van der Waals surface area contributed by atoms with Gasteiger partial charge in [0, 0.05) is 55.3 Å². The predicted octanol–water partition coefficient (Wildman–Crippen LogP) is 11.0. The Morgan fingerprint density at radius 1 is 0.438 bits per heavy atom.